The topological polar surface area (TPSA) is 84.4 Å². The zero-order valence-electron chi connectivity index (χ0n) is 9.31. The largest absolute Gasteiger partial charge is 0.395 e. The Labute approximate surface area is 93.6 Å². The highest BCUT2D eigenvalue weighted by molar-refractivity contribution is 5.92. The van der Waals surface area contributed by atoms with Gasteiger partial charge < -0.3 is 10.8 Å². The molecule has 16 heavy (non-hydrogen) atoms. The van der Waals surface area contributed by atoms with Crippen molar-refractivity contribution in [2.24, 2.45) is 12.8 Å². The molecule has 0 radical (unpaired) electrons. The number of aliphatic hydroxyl groups excluding tert-OH is 1. The Balaban J connectivity index is 2.31. The minimum atomic E-state index is -0.484. The van der Waals surface area contributed by atoms with Crippen molar-refractivity contribution in [2.75, 3.05) is 19.7 Å². The summed E-state index contributed by atoms with van der Waals surface area (Å²) in [6.07, 6.45) is 0.839. The van der Waals surface area contributed by atoms with Gasteiger partial charge in [-0.25, -0.2) is 0 Å². The van der Waals surface area contributed by atoms with Crippen LogP contribution in [0.5, 0.6) is 0 Å². The summed E-state index contributed by atoms with van der Waals surface area (Å²) in [7, 11) is 1.83. The van der Waals surface area contributed by atoms with Crippen molar-refractivity contribution in [3.8, 4) is 0 Å². The van der Waals surface area contributed by atoms with Gasteiger partial charge in [0.15, 0.2) is 5.69 Å². The lowest BCUT2D eigenvalue weighted by molar-refractivity contribution is 0.0992. The fourth-order valence-electron chi connectivity index (χ4n) is 2.18. The van der Waals surface area contributed by atoms with Gasteiger partial charge in [0, 0.05) is 44.4 Å². The summed E-state index contributed by atoms with van der Waals surface area (Å²) in [5.41, 5.74) is 7.63. The van der Waals surface area contributed by atoms with Gasteiger partial charge >= 0.3 is 0 Å². The molecule has 6 nitrogen and oxygen atoms in total. The Kier molecular flexibility index (Phi) is 2.93. The van der Waals surface area contributed by atoms with Crippen LogP contribution >= 0.6 is 0 Å². The predicted octanol–water partition coefficient (Wildman–Crippen LogP) is -1.13. The lowest BCUT2D eigenvalue weighted by Gasteiger charge is -2.26. The van der Waals surface area contributed by atoms with Gasteiger partial charge in [0.2, 0.25) is 0 Å². The highest BCUT2D eigenvalue weighted by atomic mass is 16.3. The Bertz CT molecular complexity index is 413. The first kappa shape index (κ1) is 11.1. The van der Waals surface area contributed by atoms with E-state index in [-0.39, 0.29) is 6.61 Å². The van der Waals surface area contributed by atoms with Crippen molar-refractivity contribution < 1.29 is 9.90 Å². The third-order valence-electron chi connectivity index (χ3n) is 2.97. The number of carbonyl (C=O) groups is 1. The number of aliphatic hydroxyl groups is 1. The molecular formula is C10H16N4O2. The van der Waals surface area contributed by atoms with E-state index in [1.54, 1.807) is 4.68 Å². The summed E-state index contributed by atoms with van der Waals surface area (Å²) in [4.78, 5) is 13.3. The summed E-state index contributed by atoms with van der Waals surface area (Å²) in [6, 6.07) is 0. The number of β-amino-alcohol motifs (C(OH)–C–C–N with tert-alkyl or cyclic N) is 1. The zero-order valence-corrected chi connectivity index (χ0v) is 9.31. The van der Waals surface area contributed by atoms with Crippen LogP contribution in [0.4, 0.5) is 0 Å². The van der Waals surface area contributed by atoms with Crippen LogP contribution in [-0.4, -0.2) is 45.4 Å². The number of carbonyl (C=O) groups excluding carboxylic acids is 1. The van der Waals surface area contributed by atoms with E-state index in [1.165, 1.54) is 0 Å². The van der Waals surface area contributed by atoms with Crippen molar-refractivity contribution in [3.63, 3.8) is 0 Å². The highest BCUT2D eigenvalue weighted by Gasteiger charge is 2.25. The Hall–Kier alpha value is -1.40. The van der Waals surface area contributed by atoms with E-state index in [2.05, 4.69) is 10.00 Å². The van der Waals surface area contributed by atoms with Gasteiger partial charge in [0.1, 0.15) is 0 Å². The number of hydrogen-bond acceptors (Lipinski definition) is 4. The van der Waals surface area contributed by atoms with E-state index in [9.17, 15) is 4.79 Å². The van der Waals surface area contributed by atoms with Crippen LogP contribution in [0, 0.1) is 0 Å². The molecule has 1 aliphatic heterocycles. The average Bonchev–Trinajstić information content (AvgIpc) is 2.57. The number of amides is 1. The lowest BCUT2D eigenvalue weighted by atomic mass is 10.0. The van der Waals surface area contributed by atoms with Crippen LogP contribution in [0.1, 0.15) is 21.7 Å². The maximum absolute atomic E-state index is 11.2. The maximum Gasteiger partial charge on any atom is 0.269 e. The van der Waals surface area contributed by atoms with Gasteiger partial charge in [-0.05, 0) is 0 Å². The highest BCUT2D eigenvalue weighted by Crippen LogP contribution is 2.21. The summed E-state index contributed by atoms with van der Waals surface area (Å²) >= 11 is 0. The molecule has 0 spiro atoms. The lowest BCUT2D eigenvalue weighted by Crippen LogP contribution is -2.33. The number of rotatable bonds is 3. The molecule has 6 heteroatoms. The number of nitrogens with zero attached hydrogens (tertiary/aromatic N) is 3. The van der Waals surface area contributed by atoms with Crippen LogP contribution in [0.25, 0.3) is 0 Å². The first-order valence-electron chi connectivity index (χ1n) is 5.31. The number of fused-ring (bicyclic) bond motifs is 1. The number of primary amides is 1. The number of aryl methyl sites for hydroxylation is 1. The van der Waals surface area contributed by atoms with Crippen LogP contribution in [0.3, 0.4) is 0 Å². The standard InChI is InChI=1S/C10H16N4O2/c1-13-8-2-3-14(4-5-15)6-7(8)9(12-13)10(11)16/h15H,2-6H2,1H3,(H2,11,16). The molecule has 0 bridgehead atoms. The van der Waals surface area contributed by atoms with Crippen LogP contribution in [0.15, 0.2) is 0 Å². The maximum atomic E-state index is 11.2. The molecule has 0 saturated carbocycles. The molecule has 1 aliphatic rings. The van der Waals surface area contributed by atoms with Crippen LogP contribution < -0.4 is 5.73 Å². The molecule has 0 aliphatic carbocycles. The SMILES string of the molecule is Cn1nc(C(N)=O)c2c1CCN(CCO)C2. The first-order valence-corrected chi connectivity index (χ1v) is 5.31. The van der Waals surface area contributed by atoms with Crippen LogP contribution in [0.2, 0.25) is 0 Å². The number of hydrogen-bond donors (Lipinski definition) is 2. The minimum Gasteiger partial charge on any atom is -0.395 e. The Morgan fingerprint density at radius 3 is 3.00 bits per heavy atom. The summed E-state index contributed by atoms with van der Waals surface area (Å²) in [5, 5.41) is 13.0. The molecule has 0 fully saturated rings. The van der Waals surface area contributed by atoms with E-state index >= 15 is 0 Å². The summed E-state index contributed by atoms with van der Waals surface area (Å²) in [6.45, 7) is 2.27. The molecule has 2 rings (SSSR count). The number of nitrogens with two attached hydrogens (primary N) is 1. The van der Waals surface area contributed by atoms with E-state index in [0.29, 0.717) is 18.8 Å². The molecule has 1 aromatic rings. The van der Waals surface area contributed by atoms with Crippen molar-refractivity contribution in [1.82, 2.24) is 14.7 Å². The molecule has 0 saturated heterocycles. The molecule has 1 amide bonds. The predicted molar refractivity (Wildman–Crippen MR) is 57.8 cm³/mol. The van der Waals surface area contributed by atoms with E-state index in [0.717, 1.165) is 24.2 Å². The fourth-order valence-corrected chi connectivity index (χ4v) is 2.18. The molecule has 3 N–H and O–H groups in total. The van der Waals surface area contributed by atoms with Gasteiger partial charge in [0.25, 0.3) is 5.91 Å². The van der Waals surface area contributed by atoms with E-state index in [1.807, 2.05) is 7.05 Å². The molecule has 2 heterocycles. The number of aromatic nitrogens is 2. The van der Waals surface area contributed by atoms with Gasteiger partial charge in [0.05, 0.1) is 6.61 Å². The van der Waals surface area contributed by atoms with Gasteiger partial charge in [-0.15, -0.1) is 0 Å². The second kappa shape index (κ2) is 4.23. The van der Waals surface area contributed by atoms with Crippen molar-refractivity contribution >= 4 is 5.91 Å². The molecule has 88 valence electrons. The van der Waals surface area contributed by atoms with Gasteiger partial charge in [-0.1, -0.05) is 0 Å². The quantitative estimate of drug-likeness (QED) is 0.680. The molecular weight excluding hydrogens is 208 g/mol. The van der Waals surface area contributed by atoms with Crippen molar-refractivity contribution in [3.05, 3.63) is 17.0 Å². The molecule has 0 atom stereocenters. The summed E-state index contributed by atoms with van der Waals surface area (Å²) < 4.78 is 1.73. The smallest absolute Gasteiger partial charge is 0.269 e. The van der Waals surface area contributed by atoms with Crippen molar-refractivity contribution in [1.29, 1.82) is 0 Å². The second-order valence-corrected chi connectivity index (χ2v) is 4.01. The average molecular weight is 224 g/mol. The molecule has 0 aromatic carbocycles. The van der Waals surface area contributed by atoms with Gasteiger partial charge in [-0.3, -0.25) is 14.4 Å². The minimum absolute atomic E-state index is 0.126. The third kappa shape index (κ3) is 1.81. The summed E-state index contributed by atoms with van der Waals surface area (Å²) in [5.74, 6) is -0.484. The Morgan fingerprint density at radius 1 is 1.62 bits per heavy atom. The fraction of sp³-hybridized carbons (Fsp3) is 0.600. The molecule has 1 aromatic heterocycles. The Morgan fingerprint density at radius 2 is 2.38 bits per heavy atom. The second-order valence-electron chi connectivity index (χ2n) is 4.01. The van der Waals surface area contributed by atoms with Gasteiger partial charge in [-0.2, -0.15) is 5.10 Å². The van der Waals surface area contributed by atoms with E-state index in [4.69, 9.17) is 10.8 Å². The van der Waals surface area contributed by atoms with Crippen LogP contribution in [-0.2, 0) is 20.0 Å². The van der Waals surface area contributed by atoms with Crippen molar-refractivity contribution in [2.45, 2.75) is 13.0 Å². The normalized spacial score (nSPS) is 16.1. The monoisotopic (exact) mass is 224 g/mol. The molecule has 0 unspecified atom stereocenters. The zero-order chi connectivity index (χ0) is 11.7. The third-order valence-corrected chi connectivity index (χ3v) is 2.97. The van der Waals surface area contributed by atoms with E-state index < -0.39 is 5.91 Å². The first-order chi connectivity index (χ1) is 7.63.